The predicted octanol–water partition coefficient (Wildman–Crippen LogP) is 7.14. The molecular weight excluding hydrogens is 530 g/mol. The third-order valence-corrected chi connectivity index (χ3v) is 7.24. The normalized spacial score (nSPS) is 11.9. The van der Waals surface area contributed by atoms with Crippen molar-refractivity contribution in [2.75, 3.05) is 10.6 Å². The average Bonchev–Trinajstić information content (AvgIpc) is 2.92. The number of hydrogen-bond donors (Lipinski definition) is 3. The molecule has 1 atom stereocenters. The van der Waals surface area contributed by atoms with E-state index in [-0.39, 0.29) is 22.8 Å². The minimum Gasteiger partial charge on any atom is -0.325 e. The summed E-state index contributed by atoms with van der Waals surface area (Å²) in [7, 11) is 0. The number of amides is 3. The maximum Gasteiger partial charge on any atom is 0.272 e. The van der Waals surface area contributed by atoms with Crippen LogP contribution in [0, 0.1) is 20.8 Å². The number of rotatable bonds is 9. The molecule has 1 unspecified atom stereocenters. The molecule has 4 aromatic rings. The van der Waals surface area contributed by atoms with Crippen molar-refractivity contribution in [3.8, 4) is 0 Å². The predicted molar refractivity (Wildman–Crippen MR) is 168 cm³/mol. The first-order valence-corrected chi connectivity index (χ1v) is 14.2. The summed E-state index contributed by atoms with van der Waals surface area (Å²) < 4.78 is 0. The highest BCUT2D eigenvalue weighted by Crippen LogP contribution is 2.27. The van der Waals surface area contributed by atoms with Crippen LogP contribution >= 0.6 is 11.8 Å². The van der Waals surface area contributed by atoms with E-state index in [9.17, 15) is 14.4 Å². The topological polar surface area (TPSA) is 87.3 Å². The van der Waals surface area contributed by atoms with E-state index in [1.807, 2.05) is 88.4 Å². The largest absolute Gasteiger partial charge is 0.325 e. The lowest BCUT2D eigenvalue weighted by atomic mass is 10.1. The van der Waals surface area contributed by atoms with Gasteiger partial charge < -0.3 is 16.0 Å². The van der Waals surface area contributed by atoms with Crippen molar-refractivity contribution in [3.63, 3.8) is 0 Å². The molecule has 7 heteroatoms. The minimum atomic E-state index is -0.460. The second-order valence-electron chi connectivity index (χ2n) is 9.90. The van der Waals surface area contributed by atoms with Gasteiger partial charge in [-0.1, -0.05) is 60.2 Å². The van der Waals surface area contributed by atoms with Crippen LogP contribution in [0.2, 0.25) is 0 Å². The van der Waals surface area contributed by atoms with E-state index in [1.54, 1.807) is 36.4 Å². The van der Waals surface area contributed by atoms with E-state index in [2.05, 4.69) is 22.0 Å². The van der Waals surface area contributed by atoms with Crippen molar-refractivity contribution in [2.45, 2.75) is 37.8 Å². The molecule has 3 N–H and O–H groups in total. The minimum absolute atomic E-state index is 0.110. The summed E-state index contributed by atoms with van der Waals surface area (Å²) in [6.45, 7) is 7.80. The Morgan fingerprint density at radius 1 is 0.707 bits per heavy atom. The molecule has 0 aromatic heterocycles. The summed E-state index contributed by atoms with van der Waals surface area (Å²) >= 11 is 1.39. The second kappa shape index (κ2) is 13.6. The van der Waals surface area contributed by atoms with Gasteiger partial charge in [-0.05, 0) is 92.9 Å². The molecule has 208 valence electrons. The molecule has 0 saturated carbocycles. The third-order valence-electron chi connectivity index (χ3n) is 6.15. The van der Waals surface area contributed by atoms with Crippen LogP contribution in [-0.4, -0.2) is 23.0 Å². The molecule has 0 saturated heterocycles. The van der Waals surface area contributed by atoms with E-state index >= 15 is 0 Å². The Kier molecular flexibility index (Phi) is 9.77. The zero-order valence-electron chi connectivity index (χ0n) is 23.5. The smallest absolute Gasteiger partial charge is 0.272 e. The van der Waals surface area contributed by atoms with Crippen LogP contribution < -0.4 is 16.0 Å². The molecule has 4 rings (SSSR count). The molecule has 0 bridgehead atoms. The summed E-state index contributed by atoms with van der Waals surface area (Å²) in [4.78, 5) is 40.0. The second-order valence-corrected chi connectivity index (χ2v) is 11.3. The summed E-state index contributed by atoms with van der Waals surface area (Å²) in [6, 6.07) is 29.6. The zero-order chi connectivity index (χ0) is 29.4. The molecule has 0 heterocycles. The molecular formula is C34H33N3O3S. The molecule has 3 amide bonds. The van der Waals surface area contributed by atoms with Crippen molar-refractivity contribution in [1.29, 1.82) is 0 Å². The molecule has 41 heavy (non-hydrogen) atoms. The standard InChI is InChI=1S/C34H33N3O3S/c1-22-10-8-11-26(17-22)20-31(37-33(39)27-12-6-5-7-13-27)34(40)35-28-14-9-15-30(21-28)41-25(4)32(38)36-29-18-23(2)16-24(3)19-29/h5-21,25H,1-4H3,(H,35,40)(H,36,38)(H,37,39)/b31-20+. The monoisotopic (exact) mass is 563 g/mol. The van der Waals surface area contributed by atoms with Crippen molar-refractivity contribution in [2.24, 2.45) is 0 Å². The average molecular weight is 564 g/mol. The van der Waals surface area contributed by atoms with Gasteiger partial charge in [0.25, 0.3) is 11.8 Å². The first-order valence-electron chi connectivity index (χ1n) is 13.3. The van der Waals surface area contributed by atoms with Gasteiger partial charge in [-0.15, -0.1) is 11.8 Å². The number of carbonyl (C=O) groups excluding carboxylic acids is 3. The SMILES string of the molecule is Cc1cccc(/C=C(/NC(=O)c2ccccc2)C(=O)Nc2cccc(SC(C)C(=O)Nc3cc(C)cc(C)c3)c2)c1. The highest BCUT2D eigenvalue weighted by molar-refractivity contribution is 8.00. The number of thioether (sulfide) groups is 1. The van der Waals surface area contributed by atoms with Crippen LogP contribution in [0.15, 0.2) is 108 Å². The fourth-order valence-electron chi connectivity index (χ4n) is 4.26. The van der Waals surface area contributed by atoms with Gasteiger partial charge in [0.1, 0.15) is 5.70 Å². The van der Waals surface area contributed by atoms with Crippen LogP contribution in [-0.2, 0) is 9.59 Å². The van der Waals surface area contributed by atoms with Crippen LogP contribution in [0.25, 0.3) is 6.08 Å². The van der Waals surface area contributed by atoms with Crippen molar-refractivity contribution >= 4 is 46.9 Å². The number of anilines is 2. The Balaban J connectivity index is 1.48. The molecule has 0 aliphatic heterocycles. The van der Waals surface area contributed by atoms with Gasteiger partial charge in [-0.25, -0.2) is 0 Å². The Hall–Kier alpha value is -4.62. The van der Waals surface area contributed by atoms with Gasteiger partial charge in [-0.2, -0.15) is 0 Å². The third kappa shape index (κ3) is 8.68. The van der Waals surface area contributed by atoms with Crippen LogP contribution in [0.1, 0.15) is 39.5 Å². The quantitative estimate of drug-likeness (QED) is 0.149. The van der Waals surface area contributed by atoms with Gasteiger partial charge in [0.15, 0.2) is 0 Å². The lowest BCUT2D eigenvalue weighted by Crippen LogP contribution is -2.30. The number of nitrogens with one attached hydrogen (secondary N) is 3. The van der Waals surface area contributed by atoms with E-state index in [0.717, 1.165) is 32.8 Å². The summed E-state index contributed by atoms with van der Waals surface area (Å²) in [6.07, 6.45) is 1.65. The van der Waals surface area contributed by atoms with Crippen molar-refractivity contribution in [3.05, 3.63) is 131 Å². The van der Waals surface area contributed by atoms with Gasteiger partial charge in [0.2, 0.25) is 5.91 Å². The fourth-order valence-corrected chi connectivity index (χ4v) is 5.19. The maximum atomic E-state index is 13.4. The highest BCUT2D eigenvalue weighted by Gasteiger charge is 2.17. The Bertz CT molecular complexity index is 1580. The van der Waals surface area contributed by atoms with E-state index in [4.69, 9.17) is 0 Å². The Morgan fingerprint density at radius 3 is 2.12 bits per heavy atom. The fraction of sp³-hybridized carbons (Fsp3) is 0.147. The molecule has 6 nitrogen and oxygen atoms in total. The number of aryl methyl sites for hydroxylation is 3. The molecule has 0 fully saturated rings. The lowest BCUT2D eigenvalue weighted by molar-refractivity contribution is -0.115. The highest BCUT2D eigenvalue weighted by atomic mass is 32.2. The Morgan fingerprint density at radius 2 is 1.41 bits per heavy atom. The lowest BCUT2D eigenvalue weighted by Gasteiger charge is -2.15. The van der Waals surface area contributed by atoms with Crippen LogP contribution in [0.4, 0.5) is 11.4 Å². The number of carbonyl (C=O) groups is 3. The van der Waals surface area contributed by atoms with Crippen molar-refractivity contribution < 1.29 is 14.4 Å². The maximum absolute atomic E-state index is 13.4. The molecule has 0 radical (unpaired) electrons. The molecule has 0 spiro atoms. The first kappa shape index (κ1) is 29.4. The zero-order valence-corrected chi connectivity index (χ0v) is 24.3. The summed E-state index contributed by atoms with van der Waals surface area (Å²) in [5, 5.41) is 8.27. The molecule has 0 aliphatic rings. The number of benzene rings is 4. The van der Waals surface area contributed by atoms with Crippen LogP contribution in [0.5, 0.6) is 0 Å². The molecule has 0 aliphatic carbocycles. The first-order chi connectivity index (χ1) is 19.7. The van der Waals surface area contributed by atoms with Gasteiger partial charge in [0, 0.05) is 21.8 Å². The van der Waals surface area contributed by atoms with E-state index in [0.29, 0.717) is 11.3 Å². The van der Waals surface area contributed by atoms with Gasteiger partial charge in [-0.3, -0.25) is 14.4 Å². The van der Waals surface area contributed by atoms with E-state index in [1.165, 1.54) is 11.8 Å². The van der Waals surface area contributed by atoms with Gasteiger partial charge in [0.05, 0.1) is 5.25 Å². The summed E-state index contributed by atoms with van der Waals surface area (Å²) in [5.41, 5.74) is 5.87. The van der Waals surface area contributed by atoms with Crippen molar-refractivity contribution in [1.82, 2.24) is 5.32 Å². The van der Waals surface area contributed by atoms with E-state index < -0.39 is 5.91 Å². The molecule has 4 aromatic carbocycles. The number of hydrogen-bond acceptors (Lipinski definition) is 4. The van der Waals surface area contributed by atoms with Crippen LogP contribution in [0.3, 0.4) is 0 Å². The Labute approximate surface area is 245 Å². The summed E-state index contributed by atoms with van der Waals surface area (Å²) in [5.74, 6) is -0.951. The van der Waals surface area contributed by atoms with Gasteiger partial charge >= 0.3 is 0 Å².